The van der Waals surface area contributed by atoms with Gasteiger partial charge in [-0.25, -0.2) is 9.50 Å². The van der Waals surface area contributed by atoms with Crippen molar-refractivity contribution in [2.75, 3.05) is 0 Å². The molecule has 0 saturated heterocycles. The van der Waals surface area contributed by atoms with Crippen LogP contribution in [0, 0.1) is 6.92 Å². The maximum atomic E-state index is 13.0. The maximum absolute atomic E-state index is 13.0. The predicted molar refractivity (Wildman–Crippen MR) is 103 cm³/mol. The Morgan fingerprint density at radius 1 is 1.22 bits per heavy atom. The number of halogens is 1. The molecular formula is C20H20ClN3O3. The molecule has 27 heavy (non-hydrogen) atoms. The number of carboxylic acids is 1. The van der Waals surface area contributed by atoms with Crippen molar-refractivity contribution in [3.8, 4) is 11.1 Å². The Morgan fingerprint density at radius 2 is 2.00 bits per heavy atom. The van der Waals surface area contributed by atoms with Crippen molar-refractivity contribution in [2.45, 2.75) is 39.5 Å². The number of nitrogens with zero attached hydrogens (tertiary/aromatic N) is 3. The number of rotatable bonds is 7. The van der Waals surface area contributed by atoms with E-state index in [0.717, 1.165) is 28.8 Å². The highest BCUT2D eigenvalue weighted by atomic mass is 35.5. The molecule has 0 fully saturated rings. The molecule has 7 heteroatoms. The lowest BCUT2D eigenvalue weighted by Crippen LogP contribution is -2.11. The summed E-state index contributed by atoms with van der Waals surface area (Å²) in [5.41, 5.74) is 4.52. The van der Waals surface area contributed by atoms with Gasteiger partial charge in [0.05, 0.1) is 16.8 Å². The number of carbonyl (C=O) groups excluding carboxylic acids is 1. The largest absolute Gasteiger partial charge is 0.481 e. The predicted octanol–water partition coefficient (Wildman–Crippen LogP) is 4.36. The van der Waals surface area contributed by atoms with Gasteiger partial charge in [-0.05, 0) is 49.6 Å². The molecule has 1 N–H and O–H groups in total. The summed E-state index contributed by atoms with van der Waals surface area (Å²) in [5, 5.41) is 13.8. The monoisotopic (exact) mass is 385 g/mol. The Morgan fingerprint density at radius 3 is 2.67 bits per heavy atom. The quantitative estimate of drug-likeness (QED) is 0.482. The van der Waals surface area contributed by atoms with E-state index in [4.69, 9.17) is 16.7 Å². The van der Waals surface area contributed by atoms with E-state index in [1.807, 2.05) is 29.6 Å². The van der Waals surface area contributed by atoms with Gasteiger partial charge in [-0.3, -0.25) is 9.59 Å². The standard InChI is InChI=1S/C20H20ClN3O3/c1-3-14-7-8-15-20(13-9-10-22-17(21)11-13)19(12(2)23-24(14)15)16(25)5-4-6-18(26)27/h7-11H,3-6H2,1-2H3,(H,26,27). The summed E-state index contributed by atoms with van der Waals surface area (Å²) >= 11 is 6.08. The van der Waals surface area contributed by atoms with Crippen molar-refractivity contribution >= 4 is 28.9 Å². The van der Waals surface area contributed by atoms with Gasteiger partial charge in [0.15, 0.2) is 5.78 Å². The third kappa shape index (κ3) is 3.85. The van der Waals surface area contributed by atoms with E-state index in [0.29, 0.717) is 16.4 Å². The van der Waals surface area contributed by atoms with Crippen LogP contribution in [0.25, 0.3) is 16.6 Å². The first-order valence-electron chi connectivity index (χ1n) is 8.80. The lowest BCUT2D eigenvalue weighted by Gasteiger charge is -2.15. The minimum atomic E-state index is -0.909. The Hall–Kier alpha value is -2.73. The summed E-state index contributed by atoms with van der Waals surface area (Å²) in [5.74, 6) is -1.03. The molecule has 140 valence electrons. The van der Waals surface area contributed by atoms with Gasteiger partial charge in [0.2, 0.25) is 0 Å². The van der Waals surface area contributed by atoms with Gasteiger partial charge in [-0.2, -0.15) is 5.10 Å². The first-order valence-corrected chi connectivity index (χ1v) is 9.18. The molecule has 3 aromatic heterocycles. The number of pyridine rings is 1. The van der Waals surface area contributed by atoms with Crippen LogP contribution >= 0.6 is 11.6 Å². The number of fused-ring (bicyclic) bond motifs is 1. The Kier molecular flexibility index (Phi) is 5.56. The second-order valence-corrected chi connectivity index (χ2v) is 6.74. The van der Waals surface area contributed by atoms with Crippen molar-refractivity contribution < 1.29 is 14.7 Å². The number of hydrogen-bond donors (Lipinski definition) is 1. The van der Waals surface area contributed by atoms with Crippen molar-refractivity contribution in [1.29, 1.82) is 0 Å². The first-order chi connectivity index (χ1) is 12.9. The molecule has 0 atom stereocenters. The molecule has 0 saturated carbocycles. The molecule has 0 aromatic carbocycles. The summed E-state index contributed by atoms with van der Waals surface area (Å²) < 4.78 is 1.85. The molecule has 0 spiro atoms. The fourth-order valence-electron chi connectivity index (χ4n) is 3.27. The maximum Gasteiger partial charge on any atom is 0.303 e. The molecule has 0 bridgehead atoms. The second-order valence-electron chi connectivity index (χ2n) is 6.35. The number of aryl methyl sites for hydroxylation is 2. The highest BCUT2D eigenvalue weighted by molar-refractivity contribution is 6.29. The van der Waals surface area contributed by atoms with Gasteiger partial charge in [-0.1, -0.05) is 18.5 Å². The summed E-state index contributed by atoms with van der Waals surface area (Å²) in [4.78, 5) is 27.8. The van der Waals surface area contributed by atoms with Gasteiger partial charge in [0.1, 0.15) is 5.15 Å². The van der Waals surface area contributed by atoms with Gasteiger partial charge in [-0.15, -0.1) is 0 Å². The number of ketones is 1. The van der Waals surface area contributed by atoms with Crippen LogP contribution in [-0.4, -0.2) is 31.5 Å². The van der Waals surface area contributed by atoms with Crippen molar-refractivity contribution in [2.24, 2.45) is 0 Å². The summed E-state index contributed by atoms with van der Waals surface area (Å²) in [6.45, 7) is 3.85. The first kappa shape index (κ1) is 19.0. The van der Waals surface area contributed by atoms with E-state index >= 15 is 0 Å². The van der Waals surface area contributed by atoms with Crippen molar-refractivity contribution in [3.63, 3.8) is 0 Å². The zero-order valence-electron chi connectivity index (χ0n) is 15.2. The second kappa shape index (κ2) is 7.88. The molecule has 0 radical (unpaired) electrons. The Labute approximate surface area is 161 Å². The molecule has 0 aliphatic rings. The molecular weight excluding hydrogens is 366 g/mol. The van der Waals surface area contributed by atoms with Gasteiger partial charge in [0, 0.05) is 30.3 Å². The minimum absolute atomic E-state index is 0.0397. The smallest absolute Gasteiger partial charge is 0.303 e. The molecule has 3 rings (SSSR count). The Balaban J connectivity index is 2.19. The third-order valence-corrected chi connectivity index (χ3v) is 4.71. The molecule has 0 unspecified atom stereocenters. The van der Waals surface area contributed by atoms with Crippen LogP contribution in [-0.2, 0) is 11.2 Å². The van der Waals surface area contributed by atoms with Crippen molar-refractivity contribution in [1.82, 2.24) is 14.6 Å². The number of hydrogen-bond acceptors (Lipinski definition) is 4. The SMILES string of the molecule is CCc1ccc2c(-c3ccnc(Cl)c3)c(C(=O)CCCC(=O)O)c(C)nn12. The van der Waals surface area contributed by atoms with Crippen LogP contribution in [0.3, 0.4) is 0 Å². The van der Waals surface area contributed by atoms with Gasteiger partial charge < -0.3 is 5.11 Å². The molecule has 0 aliphatic heterocycles. The summed E-state index contributed by atoms with van der Waals surface area (Å²) in [6, 6.07) is 7.48. The summed E-state index contributed by atoms with van der Waals surface area (Å²) in [6.07, 6.45) is 2.81. The van der Waals surface area contributed by atoms with Crippen LogP contribution in [0.4, 0.5) is 0 Å². The topological polar surface area (TPSA) is 84.6 Å². The highest BCUT2D eigenvalue weighted by Crippen LogP contribution is 2.33. The normalized spacial score (nSPS) is 11.1. The van der Waals surface area contributed by atoms with E-state index in [1.165, 1.54) is 0 Å². The van der Waals surface area contributed by atoms with Crippen LogP contribution in [0.2, 0.25) is 5.15 Å². The average molecular weight is 386 g/mol. The number of carbonyl (C=O) groups is 2. The zero-order chi connectivity index (χ0) is 19.6. The van der Waals surface area contributed by atoms with E-state index in [2.05, 4.69) is 10.1 Å². The lowest BCUT2D eigenvalue weighted by atomic mass is 9.94. The number of aromatic nitrogens is 3. The van der Waals surface area contributed by atoms with Crippen LogP contribution < -0.4 is 0 Å². The number of Topliss-reactive ketones (excluding diaryl/α,β-unsaturated/α-hetero) is 1. The number of carboxylic acid groups (broad SMARTS) is 1. The summed E-state index contributed by atoms with van der Waals surface area (Å²) in [7, 11) is 0. The fraction of sp³-hybridized carbons (Fsp3) is 0.300. The molecule has 0 amide bonds. The highest BCUT2D eigenvalue weighted by Gasteiger charge is 2.22. The van der Waals surface area contributed by atoms with E-state index in [-0.39, 0.29) is 25.0 Å². The van der Waals surface area contributed by atoms with Gasteiger partial charge >= 0.3 is 5.97 Å². The third-order valence-electron chi connectivity index (χ3n) is 4.50. The number of aliphatic carboxylic acids is 1. The van der Waals surface area contributed by atoms with Crippen LogP contribution in [0.5, 0.6) is 0 Å². The molecule has 6 nitrogen and oxygen atoms in total. The van der Waals surface area contributed by atoms with E-state index in [9.17, 15) is 9.59 Å². The lowest BCUT2D eigenvalue weighted by molar-refractivity contribution is -0.137. The average Bonchev–Trinajstić information content (AvgIpc) is 3.02. The van der Waals surface area contributed by atoms with Gasteiger partial charge in [0.25, 0.3) is 0 Å². The zero-order valence-corrected chi connectivity index (χ0v) is 16.0. The minimum Gasteiger partial charge on any atom is -0.481 e. The Bertz CT molecular complexity index is 1030. The fourth-order valence-corrected chi connectivity index (χ4v) is 3.45. The van der Waals surface area contributed by atoms with E-state index in [1.54, 1.807) is 19.2 Å². The molecule has 3 heterocycles. The molecule has 3 aromatic rings. The van der Waals surface area contributed by atoms with E-state index < -0.39 is 5.97 Å². The van der Waals surface area contributed by atoms with Crippen molar-refractivity contribution in [3.05, 3.63) is 52.6 Å². The molecule has 0 aliphatic carbocycles. The van der Waals surface area contributed by atoms with Crippen LogP contribution in [0.15, 0.2) is 30.5 Å². The van der Waals surface area contributed by atoms with Crippen LogP contribution in [0.1, 0.15) is 47.9 Å².